The first kappa shape index (κ1) is 16.4. The first-order chi connectivity index (χ1) is 11.0. The van der Waals surface area contributed by atoms with Crippen molar-refractivity contribution < 1.29 is 29.0 Å². The quantitative estimate of drug-likeness (QED) is 0.844. The number of benzene rings is 1. The normalized spacial score (nSPS) is 10.3. The molecule has 1 heterocycles. The molecule has 2 aromatic rings. The second kappa shape index (κ2) is 6.87. The number of fused-ring (bicyclic) bond motifs is 1. The van der Waals surface area contributed by atoms with Crippen molar-refractivity contribution >= 4 is 28.8 Å². The molecule has 0 unspecified atom stereocenters. The Hall–Kier alpha value is -2.96. The molecule has 0 aliphatic heterocycles. The molecule has 7 heteroatoms. The summed E-state index contributed by atoms with van der Waals surface area (Å²) in [6.07, 6.45) is 0. The van der Waals surface area contributed by atoms with E-state index in [-0.39, 0.29) is 30.0 Å². The van der Waals surface area contributed by atoms with Crippen LogP contribution in [0, 0.1) is 0 Å². The first-order valence-electron chi connectivity index (χ1n) is 7.00. The van der Waals surface area contributed by atoms with E-state index in [4.69, 9.17) is 14.6 Å². The fraction of sp³-hybridized carbons (Fsp3) is 0.250. The predicted octanol–water partition coefficient (Wildman–Crippen LogP) is 2.29. The molecule has 0 aliphatic rings. The maximum atomic E-state index is 12.1. The molecule has 2 rings (SSSR count). The minimum absolute atomic E-state index is 0.00809. The molecule has 0 bridgehead atoms. The molecular formula is C16H15NO6. The van der Waals surface area contributed by atoms with Crippen LogP contribution in [0.25, 0.3) is 10.9 Å². The third-order valence-corrected chi connectivity index (χ3v) is 3.04. The number of esters is 2. The Bertz CT molecular complexity index is 783. The molecule has 0 saturated carbocycles. The van der Waals surface area contributed by atoms with Gasteiger partial charge in [-0.3, -0.25) is 0 Å². The summed E-state index contributed by atoms with van der Waals surface area (Å²) in [6.45, 7) is 3.63. The monoisotopic (exact) mass is 317 g/mol. The minimum atomic E-state index is -1.13. The van der Waals surface area contributed by atoms with Gasteiger partial charge >= 0.3 is 17.9 Å². The summed E-state index contributed by atoms with van der Waals surface area (Å²) in [4.78, 5) is 39.2. The van der Waals surface area contributed by atoms with Crippen LogP contribution in [0.15, 0.2) is 24.3 Å². The summed E-state index contributed by atoms with van der Waals surface area (Å²) in [5, 5.41) is 9.38. The summed E-state index contributed by atoms with van der Waals surface area (Å²) in [5.41, 5.74) is 0.353. The van der Waals surface area contributed by atoms with Gasteiger partial charge in [0.1, 0.15) is 5.69 Å². The van der Waals surface area contributed by atoms with Crippen LogP contribution in [0.4, 0.5) is 0 Å². The van der Waals surface area contributed by atoms with Crippen LogP contribution < -0.4 is 0 Å². The van der Waals surface area contributed by atoms with Crippen molar-refractivity contribution in [3.8, 4) is 0 Å². The van der Waals surface area contributed by atoms with Gasteiger partial charge in [0.25, 0.3) is 0 Å². The Morgan fingerprint density at radius 3 is 2.30 bits per heavy atom. The van der Waals surface area contributed by atoms with Crippen LogP contribution in [0.2, 0.25) is 0 Å². The molecule has 7 nitrogen and oxygen atoms in total. The lowest BCUT2D eigenvalue weighted by Gasteiger charge is -2.09. The van der Waals surface area contributed by atoms with Crippen molar-refractivity contribution in [1.29, 1.82) is 0 Å². The van der Waals surface area contributed by atoms with E-state index in [1.807, 2.05) is 0 Å². The average Bonchev–Trinajstić information content (AvgIpc) is 2.53. The summed E-state index contributed by atoms with van der Waals surface area (Å²) in [7, 11) is 0. The van der Waals surface area contributed by atoms with E-state index in [0.29, 0.717) is 10.9 Å². The molecule has 1 N–H and O–H groups in total. The number of rotatable bonds is 5. The van der Waals surface area contributed by atoms with E-state index in [9.17, 15) is 14.4 Å². The van der Waals surface area contributed by atoms with Crippen molar-refractivity contribution in [3.05, 3.63) is 41.1 Å². The molecule has 1 aromatic carbocycles. The van der Waals surface area contributed by atoms with E-state index >= 15 is 0 Å². The fourth-order valence-electron chi connectivity index (χ4n) is 2.05. The van der Waals surface area contributed by atoms with E-state index in [1.165, 1.54) is 24.3 Å². The maximum absolute atomic E-state index is 12.1. The number of carbonyl (C=O) groups excluding carboxylic acids is 2. The lowest BCUT2D eigenvalue weighted by molar-refractivity contribution is 0.0519. The smallest absolute Gasteiger partial charge is 0.356 e. The molecule has 0 saturated heterocycles. The van der Waals surface area contributed by atoms with Crippen LogP contribution in [0.3, 0.4) is 0 Å². The van der Waals surface area contributed by atoms with Gasteiger partial charge in [-0.1, -0.05) is 0 Å². The standard InChI is InChI=1S/C16H15NO6/c1-3-22-15(20)11-8-13(16(21)23-4-2)17-12-6-5-9(14(18)19)7-10(11)12/h5-8H,3-4H2,1-2H3,(H,18,19). The fourth-order valence-corrected chi connectivity index (χ4v) is 2.05. The topological polar surface area (TPSA) is 103 Å². The van der Waals surface area contributed by atoms with E-state index in [0.717, 1.165) is 0 Å². The molecule has 0 amide bonds. The first-order valence-corrected chi connectivity index (χ1v) is 7.00. The van der Waals surface area contributed by atoms with Crippen LogP contribution in [0.1, 0.15) is 45.1 Å². The number of aromatic carboxylic acids is 1. The van der Waals surface area contributed by atoms with E-state index in [1.54, 1.807) is 13.8 Å². The van der Waals surface area contributed by atoms with Gasteiger partial charge in [-0.05, 0) is 38.1 Å². The zero-order chi connectivity index (χ0) is 17.0. The highest BCUT2D eigenvalue weighted by Crippen LogP contribution is 2.22. The highest BCUT2D eigenvalue weighted by molar-refractivity contribution is 6.07. The Labute approximate surface area is 131 Å². The average molecular weight is 317 g/mol. The predicted molar refractivity (Wildman–Crippen MR) is 80.6 cm³/mol. The molecule has 23 heavy (non-hydrogen) atoms. The molecule has 120 valence electrons. The Balaban J connectivity index is 2.67. The third-order valence-electron chi connectivity index (χ3n) is 3.04. The van der Waals surface area contributed by atoms with Gasteiger partial charge in [-0.15, -0.1) is 0 Å². The van der Waals surface area contributed by atoms with E-state index < -0.39 is 17.9 Å². The number of carbonyl (C=O) groups is 3. The van der Waals surface area contributed by atoms with Gasteiger partial charge in [0.05, 0.1) is 29.9 Å². The Kier molecular flexibility index (Phi) is 4.90. The van der Waals surface area contributed by atoms with Gasteiger partial charge in [0, 0.05) is 5.39 Å². The van der Waals surface area contributed by atoms with Gasteiger partial charge < -0.3 is 14.6 Å². The zero-order valence-corrected chi connectivity index (χ0v) is 12.7. The number of carboxylic acids is 1. The number of nitrogens with zero attached hydrogens (tertiary/aromatic N) is 1. The maximum Gasteiger partial charge on any atom is 0.356 e. The lowest BCUT2D eigenvalue weighted by atomic mass is 10.0. The second-order valence-corrected chi connectivity index (χ2v) is 4.53. The van der Waals surface area contributed by atoms with Gasteiger partial charge in [0.2, 0.25) is 0 Å². The van der Waals surface area contributed by atoms with Crippen LogP contribution in [-0.4, -0.2) is 41.2 Å². The number of hydrogen-bond donors (Lipinski definition) is 1. The molecule has 0 atom stereocenters. The molecule has 0 spiro atoms. The van der Waals surface area contributed by atoms with Crippen LogP contribution in [0.5, 0.6) is 0 Å². The van der Waals surface area contributed by atoms with Crippen molar-refractivity contribution in [1.82, 2.24) is 4.98 Å². The number of hydrogen-bond acceptors (Lipinski definition) is 6. The largest absolute Gasteiger partial charge is 0.478 e. The van der Waals surface area contributed by atoms with Crippen molar-refractivity contribution in [2.24, 2.45) is 0 Å². The van der Waals surface area contributed by atoms with Crippen molar-refractivity contribution in [2.75, 3.05) is 13.2 Å². The highest BCUT2D eigenvalue weighted by Gasteiger charge is 2.19. The molecular weight excluding hydrogens is 302 g/mol. The van der Waals surface area contributed by atoms with E-state index in [2.05, 4.69) is 4.98 Å². The second-order valence-electron chi connectivity index (χ2n) is 4.53. The molecule has 0 radical (unpaired) electrons. The number of ether oxygens (including phenoxy) is 2. The van der Waals surface area contributed by atoms with Gasteiger partial charge in [0.15, 0.2) is 0 Å². The summed E-state index contributed by atoms with van der Waals surface area (Å²) >= 11 is 0. The molecule has 0 fully saturated rings. The van der Waals surface area contributed by atoms with Crippen LogP contribution >= 0.6 is 0 Å². The van der Waals surface area contributed by atoms with Gasteiger partial charge in [-0.25, -0.2) is 19.4 Å². The van der Waals surface area contributed by atoms with Crippen molar-refractivity contribution in [2.45, 2.75) is 13.8 Å². The Morgan fingerprint density at radius 1 is 1.04 bits per heavy atom. The lowest BCUT2D eigenvalue weighted by Crippen LogP contribution is -2.12. The number of aromatic nitrogens is 1. The highest BCUT2D eigenvalue weighted by atomic mass is 16.5. The SMILES string of the molecule is CCOC(=O)c1cc(C(=O)OCC)c2cc(C(=O)O)ccc2n1. The minimum Gasteiger partial charge on any atom is -0.478 e. The van der Waals surface area contributed by atoms with Crippen LogP contribution in [-0.2, 0) is 9.47 Å². The number of carboxylic acid groups (broad SMARTS) is 1. The van der Waals surface area contributed by atoms with Crippen molar-refractivity contribution in [3.63, 3.8) is 0 Å². The molecule has 1 aromatic heterocycles. The van der Waals surface area contributed by atoms with Gasteiger partial charge in [-0.2, -0.15) is 0 Å². The summed E-state index contributed by atoms with van der Waals surface area (Å²) in [5.74, 6) is -2.45. The molecule has 0 aliphatic carbocycles. The summed E-state index contributed by atoms with van der Waals surface area (Å²) in [6, 6.07) is 5.36. The summed E-state index contributed by atoms with van der Waals surface area (Å²) < 4.78 is 9.85. The Morgan fingerprint density at radius 2 is 1.70 bits per heavy atom. The number of pyridine rings is 1. The third kappa shape index (κ3) is 3.45. The zero-order valence-electron chi connectivity index (χ0n) is 12.7.